The highest BCUT2D eigenvalue weighted by Crippen LogP contribution is 2.25. The number of hydrogen-bond acceptors (Lipinski definition) is 4. The Kier molecular flexibility index (Phi) is 11.2. The summed E-state index contributed by atoms with van der Waals surface area (Å²) < 4.78 is 4.69. The number of hydrogen-bond donors (Lipinski definition) is 0. The van der Waals surface area contributed by atoms with E-state index in [9.17, 15) is 0 Å². The summed E-state index contributed by atoms with van der Waals surface area (Å²) in [5, 5.41) is 5.05. The second-order valence-electron chi connectivity index (χ2n) is 12.3. The molecule has 0 saturated heterocycles. The summed E-state index contributed by atoms with van der Waals surface area (Å²) in [5.74, 6) is 2.10. The number of anilines is 2. The van der Waals surface area contributed by atoms with Crippen LogP contribution in [0.15, 0.2) is 122 Å². The van der Waals surface area contributed by atoms with Crippen LogP contribution >= 0.6 is 21.6 Å². The minimum Gasteiger partial charge on any atom is -0.378 e. The molecule has 0 aliphatic carbocycles. The summed E-state index contributed by atoms with van der Waals surface area (Å²) in [4.78, 5) is 4.29. The van der Waals surface area contributed by atoms with Crippen LogP contribution in [0.4, 0.5) is 11.4 Å². The molecular formula is C42H44N4S2+2. The number of aromatic nitrogens is 2. The first-order valence-electron chi connectivity index (χ1n) is 16.4. The Morgan fingerprint density at radius 3 is 1.33 bits per heavy atom. The number of nitrogens with zero attached hydrogens (tertiary/aromatic N) is 4. The SMILES string of the molecule is CN(C)c1ccc2cc(/C=C/c3cccc[n+]3CCSSCC[n+]3ccccc3/C=C/c3ccc4cc(N(C)C)ccc4c3)ccc2c1. The van der Waals surface area contributed by atoms with Crippen LogP contribution in [0.2, 0.25) is 0 Å². The Morgan fingerprint density at radius 1 is 0.479 bits per heavy atom. The van der Waals surface area contributed by atoms with E-state index in [2.05, 4.69) is 193 Å². The van der Waals surface area contributed by atoms with Crippen molar-refractivity contribution >= 4 is 78.8 Å². The summed E-state index contributed by atoms with van der Waals surface area (Å²) in [6, 6.07) is 39.5. The molecule has 242 valence electrons. The third kappa shape index (κ3) is 8.68. The second kappa shape index (κ2) is 16.1. The van der Waals surface area contributed by atoms with E-state index in [0.29, 0.717) is 0 Å². The fourth-order valence-corrected chi connectivity index (χ4v) is 7.64. The monoisotopic (exact) mass is 668 g/mol. The highest BCUT2D eigenvalue weighted by Gasteiger charge is 2.10. The molecular weight excluding hydrogens is 625 g/mol. The molecule has 4 aromatic carbocycles. The molecule has 4 nitrogen and oxygen atoms in total. The normalized spacial score (nSPS) is 11.7. The highest BCUT2D eigenvalue weighted by atomic mass is 33.1. The van der Waals surface area contributed by atoms with E-state index in [0.717, 1.165) is 24.6 Å². The van der Waals surface area contributed by atoms with Crippen molar-refractivity contribution in [2.45, 2.75) is 13.1 Å². The maximum absolute atomic E-state index is 2.34. The van der Waals surface area contributed by atoms with Crippen molar-refractivity contribution in [2.24, 2.45) is 0 Å². The zero-order valence-corrected chi connectivity index (χ0v) is 29.9. The Morgan fingerprint density at radius 2 is 0.896 bits per heavy atom. The predicted octanol–water partition coefficient (Wildman–Crippen LogP) is 9.12. The number of fused-ring (bicyclic) bond motifs is 2. The standard InChI is InChI=1S/C42H44N4S2/c1-43(2)41-21-17-35-29-33(11-15-37(35)31-41)13-19-39-9-5-7-23-45(39)25-27-47-48-28-26-46-24-8-6-10-40(46)20-14-34-12-16-38-32-42(44(3)4)22-18-36(38)30-34/h5-24,29-32H,25-28H2,1-4H3/q+2. The zero-order chi connectivity index (χ0) is 33.3. The lowest BCUT2D eigenvalue weighted by molar-refractivity contribution is -0.694. The minimum atomic E-state index is 0.970. The summed E-state index contributed by atoms with van der Waals surface area (Å²) in [6.45, 7) is 1.94. The van der Waals surface area contributed by atoms with Crippen LogP contribution in [-0.4, -0.2) is 39.7 Å². The van der Waals surface area contributed by atoms with Crippen LogP contribution in [0, 0.1) is 0 Å². The second-order valence-corrected chi connectivity index (χ2v) is 15.0. The van der Waals surface area contributed by atoms with Gasteiger partial charge in [0.25, 0.3) is 0 Å². The maximum atomic E-state index is 2.34. The molecule has 0 bridgehead atoms. The molecule has 0 atom stereocenters. The average molecular weight is 669 g/mol. The van der Waals surface area contributed by atoms with Crippen molar-refractivity contribution in [1.29, 1.82) is 0 Å². The quantitative estimate of drug-likeness (QED) is 0.0692. The van der Waals surface area contributed by atoms with Crippen molar-refractivity contribution in [1.82, 2.24) is 0 Å². The van der Waals surface area contributed by atoms with E-state index in [1.54, 1.807) is 0 Å². The topological polar surface area (TPSA) is 14.2 Å². The number of aryl methyl sites for hydroxylation is 2. The van der Waals surface area contributed by atoms with Crippen LogP contribution in [0.1, 0.15) is 22.5 Å². The van der Waals surface area contributed by atoms with E-state index in [1.807, 2.05) is 21.6 Å². The van der Waals surface area contributed by atoms with Gasteiger partial charge in [0.15, 0.2) is 25.5 Å². The van der Waals surface area contributed by atoms with Gasteiger partial charge in [-0.05, 0) is 93.4 Å². The molecule has 0 saturated carbocycles. The van der Waals surface area contributed by atoms with Crippen molar-refractivity contribution < 1.29 is 9.13 Å². The molecule has 0 N–H and O–H groups in total. The van der Waals surface area contributed by atoms with E-state index in [-0.39, 0.29) is 0 Å². The van der Waals surface area contributed by atoms with Gasteiger partial charge in [-0.2, -0.15) is 9.13 Å². The Balaban J connectivity index is 0.999. The summed E-state index contributed by atoms with van der Waals surface area (Å²) in [7, 11) is 12.2. The highest BCUT2D eigenvalue weighted by molar-refractivity contribution is 8.76. The van der Waals surface area contributed by atoms with Gasteiger partial charge in [-0.3, -0.25) is 0 Å². The molecule has 0 aliphatic rings. The van der Waals surface area contributed by atoms with Crippen molar-refractivity contribution in [3.8, 4) is 0 Å². The first kappa shape index (κ1) is 33.4. The molecule has 0 radical (unpaired) electrons. The number of benzene rings is 4. The van der Waals surface area contributed by atoms with Gasteiger partial charge < -0.3 is 9.80 Å². The van der Waals surface area contributed by atoms with Crippen molar-refractivity contribution in [3.05, 3.63) is 144 Å². The van der Waals surface area contributed by atoms with Crippen molar-refractivity contribution in [2.75, 3.05) is 49.5 Å². The minimum absolute atomic E-state index is 0.970. The molecule has 6 aromatic rings. The van der Waals surface area contributed by atoms with Crippen LogP contribution in [-0.2, 0) is 13.1 Å². The molecule has 2 heterocycles. The van der Waals surface area contributed by atoms with Gasteiger partial charge >= 0.3 is 0 Å². The first-order chi connectivity index (χ1) is 23.4. The van der Waals surface area contributed by atoms with Gasteiger partial charge in [0, 0.05) is 76.0 Å². The molecule has 0 spiro atoms. The molecule has 6 rings (SSSR count). The van der Waals surface area contributed by atoms with E-state index in [4.69, 9.17) is 0 Å². The zero-order valence-electron chi connectivity index (χ0n) is 28.3. The van der Waals surface area contributed by atoms with E-state index in [1.165, 1.54) is 55.4 Å². The fraction of sp³-hybridized carbons (Fsp3) is 0.190. The largest absolute Gasteiger partial charge is 0.378 e. The lowest BCUT2D eigenvalue weighted by Gasteiger charge is -2.13. The van der Waals surface area contributed by atoms with Crippen LogP contribution < -0.4 is 18.9 Å². The fourth-order valence-electron chi connectivity index (χ4n) is 5.71. The molecule has 0 fully saturated rings. The number of pyridine rings is 2. The third-order valence-corrected chi connectivity index (χ3v) is 10.9. The first-order valence-corrected chi connectivity index (χ1v) is 18.9. The van der Waals surface area contributed by atoms with Gasteiger partial charge in [-0.15, -0.1) is 0 Å². The van der Waals surface area contributed by atoms with E-state index >= 15 is 0 Å². The Hall–Kier alpha value is -4.52. The maximum Gasteiger partial charge on any atom is 0.205 e. The van der Waals surface area contributed by atoms with E-state index < -0.39 is 0 Å². The van der Waals surface area contributed by atoms with Gasteiger partial charge in [0.05, 0.1) is 11.5 Å². The molecule has 0 unspecified atom stereocenters. The van der Waals surface area contributed by atoms with Crippen molar-refractivity contribution in [3.63, 3.8) is 0 Å². The molecule has 6 heteroatoms. The summed E-state index contributed by atoms with van der Waals surface area (Å²) in [6.07, 6.45) is 13.3. The predicted molar refractivity (Wildman–Crippen MR) is 213 cm³/mol. The molecule has 48 heavy (non-hydrogen) atoms. The van der Waals surface area contributed by atoms with Crippen LogP contribution in [0.25, 0.3) is 45.8 Å². The lowest BCUT2D eigenvalue weighted by Crippen LogP contribution is -2.38. The number of rotatable bonds is 13. The summed E-state index contributed by atoms with van der Waals surface area (Å²) >= 11 is 0. The third-order valence-electron chi connectivity index (χ3n) is 8.49. The van der Waals surface area contributed by atoms with Crippen LogP contribution in [0.3, 0.4) is 0 Å². The molecule has 0 aliphatic heterocycles. The lowest BCUT2D eigenvalue weighted by atomic mass is 10.1. The van der Waals surface area contributed by atoms with Crippen LogP contribution in [0.5, 0.6) is 0 Å². The van der Waals surface area contributed by atoms with Gasteiger partial charge in [0.2, 0.25) is 11.4 Å². The Bertz CT molecular complexity index is 1920. The van der Waals surface area contributed by atoms with Gasteiger partial charge in [0.1, 0.15) is 0 Å². The molecule has 0 amide bonds. The summed E-state index contributed by atoms with van der Waals surface area (Å²) in [5.41, 5.74) is 7.30. The smallest absolute Gasteiger partial charge is 0.205 e. The van der Waals surface area contributed by atoms with Gasteiger partial charge in [-0.1, -0.05) is 58.0 Å². The van der Waals surface area contributed by atoms with Gasteiger partial charge in [-0.25, -0.2) is 0 Å². The Labute approximate surface area is 293 Å². The molecule has 2 aromatic heterocycles. The average Bonchev–Trinajstić information content (AvgIpc) is 3.11.